The van der Waals surface area contributed by atoms with Crippen LogP contribution in [0.5, 0.6) is 5.75 Å². The summed E-state index contributed by atoms with van der Waals surface area (Å²) in [6.45, 7) is 2.86. The second-order valence-corrected chi connectivity index (χ2v) is 7.88. The van der Waals surface area contributed by atoms with E-state index in [0.717, 1.165) is 25.0 Å². The smallest absolute Gasteiger partial charge is 0.261 e. The second-order valence-electron chi connectivity index (χ2n) is 6.20. The molecule has 0 spiro atoms. The Hall–Kier alpha value is -2.08. The van der Waals surface area contributed by atoms with Crippen LogP contribution in [-0.4, -0.2) is 15.0 Å². The molecule has 2 rings (SSSR count). The molecule has 0 atom stereocenters. The molecular weight excluding hydrogens is 353 g/mol. The predicted octanol–water partition coefficient (Wildman–Crippen LogP) is 5.37. The molecule has 26 heavy (non-hydrogen) atoms. The van der Waals surface area contributed by atoms with Crippen LogP contribution < -0.4 is 9.46 Å². The summed E-state index contributed by atoms with van der Waals surface area (Å²) >= 11 is 0. The van der Waals surface area contributed by atoms with Gasteiger partial charge < -0.3 is 4.74 Å². The lowest BCUT2D eigenvalue weighted by molar-refractivity contribution is 0.304. The minimum atomic E-state index is -3.73. The van der Waals surface area contributed by atoms with E-state index in [1.54, 1.807) is 24.3 Å². The monoisotopic (exact) mass is 379 g/mol. The van der Waals surface area contributed by atoms with Crippen LogP contribution >= 0.6 is 0 Å². The van der Waals surface area contributed by atoms with Crippen LogP contribution in [-0.2, 0) is 10.0 Å². The topological polar surface area (TPSA) is 55.4 Å². The van der Waals surface area contributed by atoms with Gasteiger partial charge in [-0.25, -0.2) is 12.8 Å². The van der Waals surface area contributed by atoms with Crippen LogP contribution in [0, 0.1) is 5.82 Å². The van der Waals surface area contributed by atoms with Crippen molar-refractivity contribution < 1.29 is 17.5 Å². The lowest BCUT2D eigenvalue weighted by Crippen LogP contribution is -2.12. The number of benzene rings is 2. The molecule has 0 unspecified atom stereocenters. The fourth-order valence-electron chi connectivity index (χ4n) is 2.52. The first-order chi connectivity index (χ1) is 12.5. The molecule has 0 aliphatic heterocycles. The van der Waals surface area contributed by atoms with Crippen LogP contribution in [0.4, 0.5) is 10.1 Å². The van der Waals surface area contributed by atoms with Crippen molar-refractivity contribution >= 4 is 15.7 Å². The standard InChI is InChI=1S/C20H26FNO3S/c1-2-3-4-5-6-7-16-25-19-12-10-18(11-13-19)22-26(23,24)20-14-8-17(21)9-15-20/h8-15,22H,2-7,16H2,1H3. The summed E-state index contributed by atoms with van der Waals surface area (Å²) in [6.07, 6.45) is 7.23. The van der Waals surface area contributed by atoms with Gasteiger partial charge in [0.15, 0.2) is 0 Å². The molecule has 142 valence electrons. The van der Waals surface area contributed by atoms with E-state index in [2.05, 4.69) is 11.6 Å². The number of rotatable bonds is 11. The van der Waals surface area contributed by atoms with E-state index in [0.29, 0.717) is 18.0 Å². The first kappa shape index (κ1) is 20.2. The second kappa shape index (κ2) is 10.2. The van der Waals surface area contributed by atoms with Gasteiger partial charge in [0, 0.05) is 5.69 Å². The summed E-state index contributed by atoms with van der Waals surface area (Å²) in [6, 6.07) is 11.5. The Morgan fingerprint density at radius 3 is 2.15 bits per heavy atom. The van der Waals surface area contributed by atoms with E-state index in [4.69, 9.17) is 4.74 Å². The zero-order valence-corrected chi connectivity index (χ0v) is 15.9. The van der Waals surface area contributed by atoms with Crippen molar-refractivity contribution in [3.63, 3.8) is 0 Å². The molecule has 0 amide bonds. The molecule has 0 saturated carbocycles. The first-order valence-corrected chi connectivity index (χ1v) is 10.5. The predicted molar refractivity (Wildman–Crippen MR) is 103 cm³/mol. The molecule has 0 fully saturated rings. The summed E-state index contributed by atoms with van der Waals surface area (Å²) in [5.74, 6) is 0.235. The average molecular weight is 379 g/mol. The van der Waals surface area contributed by atoms with Crippen molar-refractivity contribution in [1.82, 2.24) is 0 Å². The zero-order chi connectivity index (χ0) is 18.8. The number of ether oxygens (including phenoxy) is 1. The summed E-state index contributed by atoms with van der Waals surface area (Å²) < 4.78 is 45.6. The molecule has 0 aliphatic rings. The number of unbranched alkanes of at least 4 members (excludes halogenated alkanes) is 5. The Morgan fingerprint density at radius 2 is 1.50 bits per heavy atom. The highest BCUT2D eigenvalue weighted by Crippen LogP contribution is 2.20. The first-order valence-electron chi connectivity index (χ1n) is 9.02. The molecule has 2 aromatic rings. The minimum Gasteiger partial charge on any atom is -0.494 e. The van der Waals surface area contributed by atoms with Gasteiger partial charge in [0.1, 0.15) is 11.6 Å². The minimum absolute atomic E-state index is 0.0160. The Morgan fingerprint density at radius 1 is 0.885 bits per heavy atom. The third kappa shape index (κ3) is 6.67. The van der Waals surface area contributed by atoms with Crippen molar-refractivity contribution in [2.45, 2.75) is 50.3 Å². The normalized spacial score (nSPS) is 11.3. The highest BCUT2D eigenvalue weighted by molar-refractivity contribution is 7.92. The largest absolute Gasteiger partial charge is 0.494 e. The molecule has 0 bridgehead atoms. The quantitative estimate of drug-likeness (QED) is 0.534. The number of sulfonamides is 1. The molecule has 0 saturated heterocycles. The van der Waals surface area contributed by atoms with Gasteiger partial charge >= 0.3 is 0 Å². The third-order valence-corrected chi connectivity index (χ3v) is 5.39. The SMILES string of the molecule is CCCCCCCCOc1ccc(NS(=O)(=O)c2ccc(F)cc2)cc1. The van der Waals surface area contributed by atoms with Crippen LogP contribution in [0.1, 0.15) is 45.4 Å². The number of hydrogen-bond donors (Lipinski definition) is 1. The van der Waals surface area contributed by atoms with Gasteiger partial charge in [-0.3, -0.25) is 4.72 Å². The highest BCUT2D eigenvalue weighted by atomic mass is 32.2. The van der Waals surface area contributed by atoms with Gasteiger partial charge in [0.25, 0.3) is 10.0 Å². The third-order valence-electron chi connectivity index (χ3n) is 4.00. The van der Waals surface area contributed by atoms with Gasteiger partial charge in [-0.05, 0) is 55.0 Å². The number of anilines is 1. The molecule has 0 aromatic heterocycles. The van der Waals surface area contributed by atoms with Gasteiger partial charge in [0.2, 0.25) is 0 Å². The molecular formula is C20H26FNO3S. The molecule has 6 heteroatoms. The van der Waals surface area contributed by atoms with E-state index in [1.807, 2.05) is 0 Å². The summed E-state index contributed by atoms with van der Waals surface area (Å²) in [4.78, 5) is 0.0160. The zero-order valence-electron chi connectivity index (χ0n) is 15.1. The van der Waals surface area contributed by atoms with Gasteiger partial charge in [0.05, 0.1) is 11.5 Å². The maximum Gasteiger partial charge on any atom is 0.261 e. The van der Waals surface area contributed by atoms with E-state index in [1.165, 1.54) is 37.8 Å². The molecule has 0 aliphatic carbocycles. The number of nitrogens with one attached hydrogen (secondary N) is 1. The Balaban J connectivity index is 1.80. The maximum absolute atomic E-state index is 12.9. The molecule has 4 nitrogen and oxygen atoms in total. The molecule has 1 N–H and O–H groups in total. The fourth-order valence-corrected chi connectivity index (χ4v) is 3.58. The lowest BCUT2D eigenvalue weighted by Gasteiger charge is -2.10. The lowest BCUT2D eigenvalue weighted by atomic mass is 10.1. The number of halogens is 1. The molecule has 2 aromatic carbocycles. The fraction of sp³-hybridized carbons (Fsp3) is 0.400. The van der Waals surface area contributed by atoms with Crippen LogP contribution in [0.3, 0.4) is 0 Å². The average Bonchev–Trinajstić information content (AvgIpc) is 2.62. The van der Waals surface area contributed by atoms with Gasteiger partial charge in [-0.1, -0.05) is 39.0 Å². The van der Waals surface area contributed by atoms with Crippen molar-refractivity contribution in [2.75, 3.05) is 11.3 Å². The van der Waals surface area contributed by atoms with Crippen molar-refractivity contribution in [3.05, 3.63) is 54.3 Å². The highest BCUT2D eigenvalue weighted by Gasteiger charge is 2.14. The molecule has 0 heterocycles. The van der Waals surface area contributed by atoms with Gasteiger partial charge in [-0.2, -0.15) is 0 Å². The van der Waals surface area contributed by atoms with E-state index in [9.17, 15) is 12.8 Å². The van der Waals surface area contributed by atoms with Crippen LogP contribution in [0.15, 0.2) is 53.4 Å². The van der Waals surface area contributed by atoms with Crippen molar-refractivity contribution in [1.29, 1.82) is 0 Å². The van der Waals surface area contributed by atoms with Crippen LogP contribution in [0.2, 0.25) is 0 Å². The maximum atomic E-state index is 12.9. The summed E-state index contributed by atoms with van der Waals surface area (Å²) in [7, 11) is -3.73. The van der Waals surface area contributed by atoms with E-state index in [-0.39, 0.29) is 4.90 Å². The van der Waals surface area contributed by atoms with E-state index >= 15 is 0 Å². The van der Waals surface area contributed by atoms with E-state index < -0.39 is 15.8 Å². The van der Waals surface area contributed by atoms with Crippen molar-refractivity contribution in [3.8, 4) is 5.75 Å². The summed E-state index contributed by atoms with van der Waals surface area (Å²) in [5.41, 5.74) is 0.432. The molecule has 0 radical (unpaired) electrons. The number of hydrogen-bond acceptors (Lipinski definition) is 3. The van der Waals surface area contributed by atoms with Crippen molar-refractivity contribution in [2.24, 2.45) is 0 Å². The summed E-state index contributed by atoms with van der Waals surface area (Å²) in [5, 5.41) is 0. The van der Waals surface area contributed by atoms with Gasteiger partial charge in [-0.15, -0.1) is 0 Å². The Labute approximate surface area is 155 Å². The Bertz CT molecular complexity index is 759. The van der Waals surface area contributed by atoms with Crippen LogP contribution in [0.25, 0.3) is 0 Å². The Kier molecular flexibility index (Phi) is 7.91.